The minimum absolute atomic E-state index is 0.0822. The lowest BCUT2D eigenvalue weighted by molar-refractivity contribution is 0.253. The largest absolute Gasteiger partial charge is 0.351 e. The van der Waals surface area contributed by atoms with E-state index in [-0.39, 0.29) is 10.8 Å². The van der Waals surface area contributed by atoms with Gasteiger partial charge in [0, 0.05) is 10.8 Å². The maximum absolute atomic E-state index is 12.2. The van der Waals surface area contributed by atoms with Gasteiger partial charge in [0.15, 0.2) is 0 Å². The van der Waals surface area contributed by atoms with E-state index in [4.69, 9.17) is 5.73 Å². The predicted molar refractivity (Wildman–Crippen MR) is 87.5 cm³/mol. The summed E-state index contributed by atoms with van der Waals surface area (Å²) in [7, 11) is -3.94. The highest BCUT2D eigenvalue weighted by Crippen LogP contribution is 2.32. The Morgan fingerprint density at radius 3 is 2.64 bits per heavy atom. The van der Waals surface area contributed by atoms with Gasteiger partial charge in [0.05, 0.1) is 4.90 Å². The fourth-order valence-electron chi connectivity index (χ4n) is 2.40. The van der Waals surface area contributed by atoms with E-state index in [1.54, 1.807) is 30.4 Å². The van der Waals surface area contributed by atoms with E-state index < -0.39 is 16.1 Å². The third-order valence-electron chi connectivity index (χ3n) is 3.43. The molecule has 0 aliphatic heterocycles. The Morgan fingerprint density at radius 1 is 1.36 bits per heavy atom. The smallest absolute Gasteiger partial charge is 0.326 e. The summed E-state index contributed by atoms with van der Waals surface area (Å²) in [6.07, 6.45) is 0.853. The van der Waals surface area contributed by atoms with Gasteiger partial charge in [-0.15, -0.1) is 11.3 Å². The summed E-state index contributed by atoms with van der Waals surface area (Å²) in [5, 5.41) is 2.00. The van der Waals surface area contributed by atoms with Crippen LogP contribution in [0.1, 0.15) is 35.3 Å². The van der Waals surface area contributed by atoms with Gasteiger partial charge in [-0.1, -0.05) is 25.1 Å². The summed E-state index contributed by atoms with van der Waals surface area (Å²) in [6.45, 7) is 3.74. The van der Waals surface area contributed by atoms with Crippen LogP contribution in [0.4, 0.5) is 4.79 Å². The van der Waals surface area contributed by atoms with Crippen molar-refractivity contribution in [2.24, 2.45) is 5.73 Å². The molecule has 1 unspecified atom stereocenters. The topological polar surface area (TPSA) is 89.3 Å². The average molecular weight is 338 g/mol. The molecule has 118 valence electrons. The second-order valence-corrected chi connectivity index (χ2v) is 7.60. The molecule has 3 N–H and O–H groups in total. The minimum Gasteiger partial charge on any atom is -0.351 e. The monoisotopic (exact) mass is 338 g/mol. The lowest BCUT2D eigenvalue weighted by Crippen LogP contribution is -2.35. The maximum atomic E-state index is 12.2. The molecule has 22 heavy (non-hydrogen) atoms. The van der Waals surface area contributed by atoms with Crippen LogP contribution in [0, 0.1) is 6.92 Å². The number of aryl methyl sites for hydroxylation is 1. The summed E-state index contributed by atoms with van der Waals surface area (Å²) in [5.41, 5.74) is 6.41. The average Bonchev–Trinajstić information content (AvgIpc) is 2.93. The zero-order valence-electron chi connectivity index (χ0n) is 12.4. The van der Waals surface area contributed by atoms with Gasteiger partial charge in [-0.25, -0.2) is 17.9 Å². The molecule has 0 saturated heterocycles. The van der Waals surface area contributed by atoms with Crippen LogP contribution in [0.5, 0.6) is 0 Å². The molecule has 2 aromatic rings. The van der Waals surface area contributed by atoms with Crippen LogP contribution in [-0.2, 0) is 10.0 Å². The van der Waals surface area contributed by atoms with Crippen molar-refractivity contribution in [3.8, 4) is 0 Å². The standard InChI is InChI=1S/C15H18N2O3S2/c1-3-12(13-5-4-8-21-13)11-7-6-10(2)14(9-11)22(19,20)17-15(16)18/h4-9,12H,3H2,1-2H3,(H3,16,17,18). The Bertz CT molecular complexity index is 768. The van der Waals surface area contributed by atoms with Crippen LogP contribution >= 0.6 is 11.3 Å². The number of sulfonamides is 1. The third-order valence-corrected chi connectivity index (χ3v) is 5.91. The molecule has 7 heteroatoms. The van der Waals surface area contributed by atoms with Crippen LogP contribution in [0.3, 0.4) is 0 Å². The van der Waals surface area contributed by atoms with Crippen molar-refractivity contribution in [3.63, 3.8) is 0 Å². The molecular weight excluding hydrogens is 320 g/mol. The molecule has 0 aliphatic carbocycles. The molecule has 0 saturated carbocycles. The molecule has 0 spiro atoms. The predicted octanol–water partition coefficient (Wildman–Crippen LogP) is 2.96. The molecule has 0 fully saturated rings. The zero-order chi connectivity index (χ0) is 16.3. The molecule has 1 aromatic heterocycles. The van der Waals surface area contributed by atoms with Crippen LogP contribution in [0.25, 0.3) is 0 Å². The van der Waals surface area contributed by atoms with Crippen LogP contribution in [0.2, 0.25) is 0 Å². The summed E-state index contributed by atoms with van der Waals surface area (Å²) in [5.74, 6) is 0.128. The summed E-state index contributed by atoms with van der Waals surface area (Å²) in [6, 6.07) is 8.22. The molecule has 1 heterocycles. The lowest BCUT2D eigenvalue weighted by Gasteiger charge is -2.16. The molecule has 5 nitrogen and oxygen atoms in total. The van der Waals surface area contributed by atoms with Crippen LogP contribution < -0.4 is 10.5 Å². The van der Waals surface area contributed by atoms with Crippen molar-refractivity contribution in [2.45, 2.75) is 31.1 Å². The summed E-state index contributed by atoms with van der Waals surface area (Å²) < 4.78 is 26.2. The Kier molecular flexibility index (Phi) is 4.87. The number of hydrogen-bond acceptors (Lipinski definition) is 4. The van der Waals surface area contributed by atoms with Crippen molar-refractivity contribution in [1.29, 1.82) is 0 Å². The molecule has 0 aliphatic rings. The number of urea groups is 1. The molecule has 0 bridgehead atoms. The summed E-state index contributed by atoms with van der Waals surface area (Å²) in [4.78, 5) is 12.2. The number of nitrogens with two attached hydrogens (primary N) is 1. The molecule has 1 atom stereocenters. The Labute approximate surface area is 134 Å². The fourth-order valence-corrected chi connectivity index (χ4v) is 4.50. The van der Waals surface area contributed by atoms with Gasteiger partial charge < -0.3 is 5.73 Å². The first kappa shape index (κ1) is 16.5. The van der Waals surface area contributed by atoms with E-state index in [1.165, 1.54) is 4.88 Å². The van der Waals surface area contributed by atoms with Crippen molar-refractivity contribution in [1.82, 2.24) is 4.72 Å². The lowest BCUT2D eigenvalue weighted by atomic mass is 9.94. The highest BCUT2D eigenvalue weighted by atomic mass is 32.2. The number of hydrogen-bond donors (Lipinski definition) is 2. The first-order valence-electron chi connectivity index (χ1n) is 6.81. The molecule has 1 aromatic carbocycles. The number of benzene rings is 1. The number of carbonyl (C=O) groups excluding carboxylic acids is 1. The van der Waals surface area contributed by atoms with E-state index in [0.717, 1.165) is 12.0 Å². The van der Waals surface area contributed by atoms with E-state index in [0.29, 0.717) is 5.56 Å². The van der Waals surface area contributed by atoms with E-state index in [1.807, 2.05) is 28.3 Å². The van der Waals surface area contributed by atoms with Crippen molar-refractivity contribution in [3.05, 3.63) is 51.7 Å². The Morgan fingerprint density at radius 2 is 2.09 bits per heavy atom. The number of carbonyl (C=O) groups is 1. The van der Waals surface area contributed by atoms with Crippen molar-refractivity contribution < 1.29 is 13.2 Å². The van der Waals surface area contributed by atoms with Gasteiger partial charge >= 0.3 is 6.03 Å². The number of thiophene rings is 1. The molecule has 2 rings (SSSR count). The summed E-state index contributed by atoms with van der Waals surface area (Å²) >= 11 is 1.64. The number of primary amides is 1. The van der Waals surface area contributed by atoms with Gasteiger partial charge in [0.2, 0.25) is 0 Å². The van der Waals surface area contributed by atoms with Gasteiger partial charge in [0.25, 0.3) is 10.0 Å². The van der Waals surface area contributed by atoms with E-state index >= 15 is 0 Å². The van der Waals surface area contributed by atoms with E-state index in [2.05, 4.69) is 6.92 Å². The van der Waals surface area contributed by atoms with Gasteiger partial charge in [0.1, 0.15) is 0 Å². The van der Waals surface area contributed by atoms with E-state index in [9.17, 15) is 13.2 Å². The Hall–Kier alpha value is -1.86. The molecular formula is C15H18N2O3S2. The minimum atomic E-state index is -3.94. The number of nitrogens with one attached hydrogen (secondary N) is 1. The first-order valence-corrected chi connectivity index (χ1v) is 9.17. The fraction of sp³-hybridized carbons (Fsp3) is 0.267. The second kappa shape index (κ2) is 6.50. The zero-order valence-corrected chi connectivity index (χ0v) is 14.0. The van der Waals surface area contributed by atoms with Crippen LogP contribution in [-0.4, -0.2) is 14.4 Å². The number of amides is 2. The number of rotatable bonds is 5. The highest BCUT2D eigenvalue weighted by molar-refractivity contribution is 7.90. The third kappa shape index (κ3) is 3.48. The van der Waals surface area contributed by atoms with Gasteiger partial charge in [-0.2, -0.15) is 0 Å². The molecule has 2 amide bonds. The normalized spacial score (nSPS) is 12.8. The first-order chi connectivity index (χ1) is 10.3. The van der Waals surface area contributed by atoms with Crippen molar-refractivity contribution in [2.75, 3.05) is 0 Å². The van der Waals surface area contributed by atoms with Gasteiger partial charge in [-0.05, 0) is 42.0 Å². The molecule has 0 radical (unpaired) electrons. The quantitative estimate of drug-likeness (QED) is 0.878. The van der Waals surface area contributed by atoms with Gasteiger partial charge in [-0.3, -0.25) is 0 Å². The SMILES string of the molecule is CCC(c1ccc(C)c(S(=O)(=O)NC(N)=O)c1)c1cccs1. The van der Waals surface area contributed by atoms with Crippen molar-refractivity contribution >= 4 is 27.4 Å². The van der Waals surface area contributed by atoms with Crippen LogP contribution in [0.15, 0.2) is 40.6 Å². The maximum Gasteiger partial charge on any atom is 0.326 e. The second-order valence-electron chi connectivity index (χ2n) is 4.97. The Balaban J connectivity index is 2.49. The highest BCUT2D eigenvalue weighted by Gasteiger charge is 2.21.